The number of rotatable bonds is 12. The van der Waals surface area contributed by atoms with Gasteiger partial charge in [-0.05, 0) is 42.3 Å². The van der Waals surface area contributed by atoms with E-state index in [0.717, 1.165) is 17.7 Å². The first-order chi connectivity index (χ1) is 14.1. The highest BCUT2D eigenvalue weighted by Crippen LogP contribution is 2.22. The zero-order valence-corrected chi connectivity index (χ0v) is 17.9. The zero-order chi connectivity index (χ0) is 20.9. The molecule has 0 fully saturated rings. The van der Waals surface area contributed by atoms with Crippen molar-refractivity contribution in [1.29, 1.82) is 0 Å². The Kier molecular flexibility index (Phi) is 10.1. The SMILES string of the molecule is CCCCCCCOc1ccccc1/C=N/NC(=O)Cc1cc(OC)ccc1Cl. The van der Waals surface area contributed by atoms with Gasteiger partial charge in [0, 0.05) is 10.6 Å². The molecule has 6 heteroatoms. The summed E-state index contributed by atoms with van der Waals surface area (Å²) in [5.41, 5.74) is 4.04. The second-order valence-corrected chi connectivity index (χ2v) is 7.13. The van der Waals surface area contributed by atoms with Gasteiger partial charge in [-0.15, -0.1) is 0 Å². The van der Waals surface area contributed by atoms with E-state index >= 15 is 0 Å². The van der Waals surface area contributed by atoms with Crippen molar-refractivity contribution < 1.29 is 14.3 Å². The van der Waals surface area contributed by atoms with Crippen LogP contribution >= 0.6 is 11.6 Å². The van der Waals surface area contributed by atoms with Crippen molar-refractivity contribution in [3.05, 3.63) is 58.6 Å². The van der Waals surface area contributed by atoms with Crippen LogP contribution < -0.4 is 14.9 Å². The Balaban J connectivity index is 1.86. The van der Waals surface area contributed by atoms with E-state index in [1.54, 1.807) is 31.5 Å². The molecule has 0 bridgehead atoms. The Morgan fingerprint density at radius 3 is 2.72 bits per heavy atom. The third-order valence-electron chi connectivity index (χ3n) is 4.42. The molecule has 0 unspecified atom stereocenters. The molecule has 0 aliphatic rings. The fourth-order valence-electron chi connectivity index (χ4n) is 2.81. The number of benzene rings is 2. The highest BCUT2D eigenvalue weighted by atomic mass is 35.5. The number of nitrogens with zero attached hydrogens (tertiary/aromatic N) is 1. The topological polar surface area (TPSA) is 59.9 Å². The molecule has 0 atom stereocenters. The van der Waals surface area contributed by atoms with Crippen LogP contribution in [0.3, 0.4) is 0 Å². The number of carbonyl (C=O) groups excluding carboxylic acids is 1. The van der Waals surface area contributed by atoms with Gasteiger partial charge in [0.2, 0.25) is 5.91 Å². The van der Waals surface area contributed by atoms with Gasteiger partial charge in [0.25, 0.3) is 0 Å². The van der Waals surface area contributed by atoms with Gasteiger partial charge in [0.1, 0.15) is 11.5 Å². The second-order valence-electron chi connectivity index (χ2n) is 6.73. The summed E-state index contributed by atoms with van der Waals surface area (Å²) in [6, 6.07) is 12.9. The minimum absolute atomic E-state index is 0.114. The molecular formula is C23H29ClN2O3. The molecule has 0 aliphatic carbocycles. The molecule has 0 saturated heterocycles. The number of methoxy groups -OCH3 is 1. The third-order valence-corrected chi connectivity index (χ3v) is 4.79. The molecule has 0 heterocycles. The van der Waals surface area contributed by atoms with Crippen LogP contribution in [0, 0.1) is 0 Å². The highest BCUT2D eigenvalue weighted by Gasteiger charge is 2.08. The van der Waals surface area contributed by atoms with Gasteiger partial charge in [0.15, 0.2) is 0 Å². The number of hydrogen-bond donors (Lipinski definition) is 1. The summed E-state index contributed by atoms with van der Waals surface area (Å²) in [5, 5.41) is 4.58. The number of ether oxygens (including phenoxy) is 2. The lowest BCUT2D eigenvalue weighted by Crippen LogP contribution is -2.20. The van der Waals surface area contributed by atoms with E-state index in [2.05, 4.69) is 17.5 Å². The maximum absolute atomic E-state index is 12.2. The lowest BCUT2D eigenvalue weighted by atomic mass is 10.1. The maximum atomic E-state index is 12.2. The predicted molar refractivity (Wildman–Crippen MR) is 118 cm³/mol. The van der Waals surface area contributed by atoms with E-state index in [1.807, 2.05) is 24.3 Å². The van der Waals surface area contributed by atoms with Crippen LogP contribution in [-0.2, 0) is 11.2 Å². The third kappa shape index (κ3) is 8.16. The Morgan fingerprint density at radius 2 is 1.93 bits per heavy atom. The zero-order valence-electron chi connectivity index (χ0n) is 17.1. The van der Waals surface area contributed by atoms with Crippen molar-refractivity contribution in [2.45, 2.75) is 45.4 Å². The molecule has 29 heavy (non-hydrogen) atoms. The maximum Gasteiger partial charge on any atom is 0.244 e. The lowest BCUT2D eigenvalue weighted by molar-refractivity contribution is -0.120. The summed E-state index contributed by atoms with van der Waals surface area (Å²) in [7, 11) is 1.57. The van der Waals surface area contributed by atoms with Gasteiger partial charge < -0.3 is 9.47 Å². The van der Waals surface area contributed by atoms with Gasteiger partial charge in [-0.25, -0.2) is 5.43 Å². The quantitative estimate of drug-likeness (QED) is 0.286. The highest BCUT2D eigenvalue weighted by molar-refractivity contribution is 6.31. The molecule has 2 rings (SSSR count). The molecule has 0 spiro atoms. The molecule has 1 N–H and O–H groups in total. The largest absolute Gasteiger partial charge is 0.497 e. The number of para-hydroxylation sites is 1. The van der Waals surface area contributed by atoms with Gasteiger partial charge >= 0.3 is 0 Å². The van der Waals surface area contributed by atoms with E-state index in [1.165, 1.54) is 25.7 Å². The first kappa shape index (κ1) is 22.8. The van der Waals surface area contributed by atoms with Crippen molar-refractivity contribution in [3.8, 4) is 11.5 Å². The Hall–Kier alpha value is -2.53. The smallest absolute Gasteiger partial charge is 0.244 e. The Labute approximate surface area is 178 Å². The fraction of sp³-hybridized carbons (Fsp3) is 0.391. The minimum Gasteiger partial charge on any atom is -0.497 e. The summed E-state index contributed by atoms with van der Waals surface area (Å²) < 4.78 is 11.0. The molecule has 0 aliphatic heterocycles. The number of hydrazone groups is 1. The van der Waals surface area contributed by atoms with Crippen LogP contribution in [0.25, 0.3) is 0 Å². The van der Waals surface area contributed by atoms with E-state index in [9.17, 15) is 4.79 Å². The minimum atomic E-state index is -0.259. The van der Waals surface area contributed by atoms with E-state index in [0.29, 0.717) is 22.9 Å². The van der Waals surface area contributed by atoms with Crippen molar-refractivity contribution in [3.63, 3.8) is 0 Å². The van der Waals surface area contributed by atoms with Gasteiger partial charge in [-0.3, -0.25) is 4.79 Å². The molecule has 2 aromatic carbocycles. The van der Waals surface area contributed by atoms with Gasteiger partial charge in [-0.2, -0.15) is 5.10 Å². The first-order valence-electron chi connectivity index (χ1n) is 10.00. The number of unbranched alkanes of at least 4 members (excludes halogenated alkanes) is 4. The van der Waals surface area contributed by atoms with Crippen LogP contribution in [0.4, 0.5) is 0 Å². The molecule has 0 saturated carbocycles. The standard InChI is InChI=1S/C23H29ClN2O3/c1-3-4-5-6-9-14-29-22-11-8-7-10-18(22)17-25-26-23(27)16-19-15-20(28-2)12-13-21(19)24/h7-8,10-13,15,17H,3-6,9,14,16H2,1-2H3,(H,26,27)/b25-17+. The molecular weight excluding hydrogens is 388 g/mol. The Morgan fingerprint density at radius 1 is 1.14 bits per heavy atom. The van der Waals surface area contributed by atoms with E-state index < -0.39 is 0 Å². The molecule has 156 valence electrons. The van der Waals surface area contributed by atoms with Crippen molar-refractivity contribution >= 4 is 23.7 Å². The number of hydrogen-bond acceptors (Lipinski definition) is 4. The lowest BCUT2D eigenvalue weighted by Gasteiger charge is -2.09. The number of nitrogens with one attached hydrogen (secondary N) is 1. The van der Waals surface area contributed by atoms with Crippen molar-refractivity contribution in [1.82, 2.24) is 5.43 Å². The second kappa shape index (κ2) is 12.8. The van der Waals surface area contributed by atoms with Crippen LogP contribution in [-0.4, -0.2) is 25.8 Å². The number of amides is 1. The first-order valence-corrected chi connectivity index (χ1v) is 10.4. The van der Waals surface area contributed by atoms with Crippen LogP contribution in [0.2, 0.25) is 5.02 Å². The van der Waals surface area contributed by atoms with Crippen molar-refractivity contribution in [2.75, 3.05) is 13.7 Å². The van der Waals surface area contributed by atoms with E-state index in [4.69, 9.17) is 21.1 Å². The fourth-order valence-corrected chi connectivity index (χ4v) is 2.99. The average Bonchev–Trinajstić information content (AvgIpc) is 2.73. The van der Waals surface area contributed by atoms with Gasteiger partial charge in [-0.1, -0.05) is 56.3 Å². The number of carbonyl (C=O) groups is 1. The molecule has 2 aromatic rings. The molecule has 0 aromatic heterocycles. The predicted octanol–water partition coefficient (Wildman–Crippen LogP) is 5.39. The van der Waals surface area contributed by atoms with Gasteiger partial charge in [0.05, 0.1) is 26.4 Å². The summed E-state index contributed by atoms with van der Waals surface area (Å²) in [6.45, 7) is 2.88. The van der Waals surface area contributed by atoms with E-state index in [-0.39, 0.29) is 12.3 Å². The van der Waals surface area contributed by atoms with Crippen LogP contribution in [0.5, 0.6) is 11.5 Å². The number of halogens is 1. The summed E-state index contributed by atoms with van der Waals surface area (Å²) in [5.74, 6) is 1.16. The Bertz CT molecular complexity index is 808. The monoisotopic (exact) mass is 416 g/mol. The van der Waals surface area contributed by atoms with Crippen LogP contribution in [0.15, 0.2) is 47.6 Å². The molecule has 5 nitrogen and oxygen atoms in total. The van der Waals surface area contributed by atoms with Crippen LogP contribution in [0.1, 0.15) is 50.2 Å². The van der Waals surface area contributed by atoms with Crippen molar-refractivity contribution in [2.24, 2.45) is 5.10 Å². The summed E-state index contributed by atoms with van der Waals surface area (Å²) in [6.07, 6.45) is 7.66. The molecule has 1 amide bonds. The average molecular weight is 417 g/mol. The summed E-state index contributed by atoms with van der Waals surface area (Å²) in [4.78, 5) is 12.2. The summed E-state index contributed by atoms with van der Waals surface area (Å²) >= 11 is 6.15. The normalized spacial score (nSPS) is 10.9. The molecule has 0 radical (unpaired) electrons.